The lowest BCUT2D eigenvalue weighted by atomic mass is 10.4. The summed E-state index contributed by atoms with van der Waals surface area (Å²) in [5.74, 6) is -1.57. The highest BCUT2D eigenvalue weighted by Crippen LogP contribution is 2.15. The first-order chi connectivity index (χ1) is 10.4. The molecule has 1 saturated heterocycles. The predicted octanol–water partition coefficient (Wildman–Crippen LogP) is 0.852. The van der Waals surface area contributed by atoms with Gasteiger partial charge >= 0.3 is 0 Å². The van der Waals surface area contributed by atoms with Crippen LogP contribution in [0.2, 0.25) is 5.02 Å². The van der Waals surface area contributed by atoms with Gasteiger partial charge in [-0.1, -0.05) is 11.6 Å². The minimum absolute atomic E-state index is 0.0259. The van der Waals surface area contributed by atoms with Gasteiger partial charge in [0.25, 0.3) is 0 Å². The molecule has 0 saturated carbocycles. The summed E-state index contributed by atoms with van der Waals surface area (Å²) >= 11 is 5.70. The number of halogens is 1. The predicted molar refractivity (Wildman–Crippen MR) is 82.3 cm³/mol. The number of hydrogen-bond donors (Lipinski definition) is 1. The Morgan fingerprint density at radius 1 is 1.14 bits per heavy atom. The Labute approximate surface area is 134 Å². The third-order valence-electron chi connectivity index (χ3n) is 3.39. The highest BCUT2D eigenvalue weighted by atomic mass is 35.5. The first kappa shape index (κ1) is 16.8. The minimum atomic E-state index is -3.74. The highest BCUT2D eigenvalue weighted by molar-refractivity contribution is 7.92. The smallest absolute Gasteiger partial charge is 0.241 e. The van der Waals surface area contributed by atoms with Crippen molar-refractivity contribution in [3.8, 4) is 0 Å². The third kappa shape index (κ3) is 4.45. The van der Waals surface area contributed by atoms with Gasteiger partial charge < -0.3 is 10.2 Å². The zero-order valence-corrected chi connectivity index (χ0v) is 13.5. The molecule has 120 valence electrons. The van der Waals surface area contributed by atoms with E-state index >= 15 is 0 Å². The Balaban J connectivity index is 1.88. The second-order valence-electron chi connectivity index (χ2n) is 5.08. The van der Waals surface area contributed by atoms with E-state index in [1.54, 1.807) is 4.90 Å². The summed E-state index contributed by atoms with van der Waals surface area (Å²) in [7, 11) is -3.74. The van der Waals surface area contributed by atoms with Gasteiger partial charge in [-0.05, 0) is 37.1 Å². The highest BCUT2D eigenvalue weighted by Gasteiger charge is 2.21. The molecule has 0 radical (unpaired) electrons. The van der Waals surface area contributed by atoms with Crippen LogP contribution in [0, 0.1) is 0 Å². The molecule has 2 amide bonds. The van der Waals surface area contributed by atoms with Crippen LogP contribution in [-0.2, 0) is 19.4 Å². The lowest BCUT2D eigenvalue weighted by Crippen LogP contribution is -2.40. The van der Waals surface area contributed by atoms with Crippen molar-refractivity contribution < 1.29 is 18.0 Å². The quantitative estimate of drug-likeness (QED) is 0.858. The van der Waals surface area contributed by atoms with Crippen LogP contribution in [0.1, 0.15) is 12.8 Å². The van der Waals surface area contributed by atoms with Crippen molar-refractivity contribution in [1.29, 1.82) is 0 Å². The number of hydrogen-bond acceptors (Lipinski definition) is 4. The van der Waals surface area contributed by atoms with Gasteiger partial charge in [0.15, 0.2) is 9.84 Å². The second kappa shape index (κ2) is 7.11. The molecule has 0 spiro atoms. The van der Waals surface area contributed by atoms with Gasteiger partial charge in [0.05, 0.1) is 11.4 Å². The molecule has 1 N–H and O–H groups in total. The van der Waals surface area contributed by atoms with Crippen LogP contribution >= 0.6 is 11.6 Å². The molecule has 0 unspecified atom stereocenters. The maximum Gasteiger partial charge on any atom is 0.241 e. The monoisotopic (exact) mass is 344 g/mol. The molecule has 0 aromatic heterocycles. The molecule has 1 aromatic carbocycles. The molecule has 0 bridgehead atoms. The summed E-state index contributed by atoms with van der Waals surface area (Å²) in [5, 5.41) is 2.78. The fraction of sp³-hybridized carbons (Fsp3) is 0.429. The van der Waals surface area contributed by atoms with Crippen LogP contribution in [0.3, 0.4) is 0 Å². The SMILES string of the molecule is O=C(CS(=O)(=O)c1ccc(Cl)cc1)NCC(=O)N1CCCC1. The molecular formula is C14H17ClN2O4S. The number of carbonyl (C=O) groups is 2. The summed E-state index contributed by atoms with van der Waals surface area (Å²) < 4.78 is 24.1. The summed E-state index contributed by atoms with van der Waals surface area (Å²) in [4.78, 5) is 25.2. The number of rotatable bonds is 5. The lowest BCUT2D eigenvalue weighted by molar-refractivity contribution is -0.131. The van der Waals surface area contributed by atoms with Crippen molar-refractivity contribution in [2.45, 2.75) is 17.7 Å². The standard InChI is InChI=1S/C14H17ClN2O4S/c15-11-3-5-12(6-4-11)22(20,21)10-13(18)16-9-14(19)17-7-1-2-8-17/h3-6H,1-2,7-10H2,(H,16,18). The zero-order valence-electron chi connectivity index (χ0n) is 11.9. The topological polar surface area (TPSA) is 83.5 Å². The molecule has 0 aliphatic carbocycles. The van der Waals surface area contributed by atoms with Crippen LogP contribution in [-0.4, -0.2) is 50.5 Å². The van der Waals surface area contributed by atoms with E-state index in [0.717, 1.165) is 12.8 Å². The van der Waals surface area contributed by atoms with Crippen LogP contribution in [0.25, 0.3) is 0 Å². The van der Waals surface area contributed by atoms with Crippen molar-refractivity contribution in [2.75, 3.05) is 25.4 Å². The molecule has 1 fully saturated rings. The van der Waals surface area contributed by atoms with Gasteiger partial charge in [-0.2, -0.15) is 0 Å². The number of likely N-dealkylation sites (tertiary alicyclic amines) is 1. The largest absolute Gasteiger partial charge is 0.346 e. The number of benzene rings is 1. The molecule has 0 atom stereocenters. The molecule has 1 aliphatic heterocycles. The van der Waals surface area contributed by atoms with E-state index in [9.17, 15) is 18.0 Å². The Morgan fingerprint density at radius 3 is 2.32 bits per heavy atom. The van der Waals surface area contributed by atoms with Crippen molar-refractivity contribution in [3.63, 3.8) is 0 Å². The first-order valence-corrected chi connectivity index (χ1v) is 8.94. The van der Waals surface area contributed by atoms with Gasteiger partial charge in [-0.25, -0.2) is 8.42 Å². The van der Waals surface area contributed by atoms with E-state index in [4.69, 9.17) is 11.6 Å². The Morgan fingerprint density at radius 2 is 1.73 bits per heavy atom. The fourth-order valence-corrected chi connectivity index (χ4v) is 3.49. The number of nitrogens with one attached hydrogen (secondary N) is 1. The van der Waals surface area contributed by atoms with Crippen molar-refractivity contribution in [2.24, 2.45) is 0 Å². The number of nitrogens with zero attached hydrogens (tertiary/aromatic N) is 1. The molecule has 2 rings (SSSR count). The molecule has 1 aromatic rings. The zero-order chi connectivity index (χ0) is 16.2. The summed E-state index contributed by atoms with van der Waals surface area (Å²) in [6.45, 7) is 1.21. The average molecular weight is 345 g/mol. The minimum Gasteiger partial charge on any atom is -0.346 e. The van der Waals surface area contributed by atoms with Gasteiger partial charge in [-0.3, -0.25) is 9.59 Å². The van der Waals surface area contributed by atoms with Gasteiger partial charge in [0, 0.05) is 18.1 Å². The number of amides is 2. The Bertz CT molecular complexity index is 652. The third-order valence-corrected chi connectivity index (χ3v) is 5.27. The van der Waals surface area contributed by atoms with E-state index in [-0.39, 0.29) is 17.3 Å². The number of carbonyl (C=O) groups excluding carboxylic acids is 2. The summed E-state index contributed by atoms with van der Waals surface area (Å²) in [6.07, 6.45) is 1.93. The maximum absolute atomic E-state index is 12.1. The molecule has 8 heteroatoms. The molecule has 1 aliphatic rings. The van der Waals surface area contributed by atoms with E-state index < -0.39 is 21.5 Å². The van der Waals surface area contributed by atoms with Gasteiger partial charge in [0.1, 0.15) is 5.75 Å². The van der Waals surface area contributed by atoms with Crippen molar-refractivity contribution in [3.05, 3.63) is 29.3 Å². The maximum atomic E-state index is 12.1. The molecule has 22 heavy (non-hydrogen) atoms. The van der Waals surface area contributed by atoms with Crippen LogP contribution in [0.5, 0.6) is 0 Å². The van der Waals surface area contributed by atoms with E-state index in [2.05, 4.69) is 5.32 Å². The van der Waals surface area contributed by atoms with E-state index in [1.165, 1.54) is 24.3 Å². The van der Waals surface area contributed by atoms with Crippen LogP contribution in [0.15, 0.2) is 29.2 Å². The van der Waals surface area contributed by atoms with Crippen LogP contribution < -0.4 is 5.32 Å². The first-order valence-electron chi connectivity index (χ1n) is 6.91. The second-order valence-corrected chi connectivity index (χ2v) is 7.50. The lowest BCUT2D eigenvalue weighted by Gasteiger charge is -2.15. The van der Waals surface area contributed by atoms with E-state index in [0.29, 0.717) is 18.1 Å². The summed E-state index contributed by atoms with van der Waals surface area (Å²) in [6, 6.07) is 5.59. The molecular weight excluding hydrogens is 328 g/mol. The van der Waals surface area contributed by atoms with Crippen molar-refractivity contribution in [1.82, 2.24) is 10.2 Å². The Hall–Kier alpha value is -1.60. The Kier molecular flexibility index (Phi) is 5.42. The van der Waals surface area contributed by atoms with Gasteiger partial charge in [0.2, 0.25) is 11.8 Å². The van der Waals surface area contributed by atoms with Gasteiger partial charge in [-0.15, -0.1) is 0 Å². The summed E-state index contributed by atoms with van der Waals surface area (Å²) in [5.41, 5.74) is 0. The normalized spacial score (nSPS) is 14.9. The molecule has 1 heterocycles. The van der Waals surface area contributed by atoms with E-state index in [1.807, 2.05) is 0 Å². The number of sulfone groups is 1. The van der Waals surface area contributed by atoms with Crippen molar-refractivity contribution >= 4 is 33.3 Å². The molecule has 6 nitrogen and oxygen atoms in total. The fourth-order valence-electron chi connectivity index (χ4n) is 2.20. The van der Waals surface area contributed by atoms with Crippen LogP contribution in [0.4, 0.5) is 0 Å². The average Bonchev–Trinajstić information content (AvgIpc) is 2.99.